The third kappa shape index (κ3) is 5.06. The zero-order chi connectivity index (χ0) is 28.7. The van der Waals surface area contributed by atoms with Crippen LogP contribution in [0.3, 0.4) is 0 Å². The molecule has 1 aliphatic heterocycles. The third-order valence-corrected chi connectivity index (χ3v) is 7.15. The fourth-order valence-electron chi connectivity index (χ4n) is 5.44. The normalized spacial score (nSPS) is 15.8. The molecule has 5 rings (SSSR count). The lowest BCUT2D eigenvalue weighted by molar-refractivity contribution is -0.143. The number of alkyl halides is 6. The minimum absolute atomic E-state index is 0.0348. The Bertz CT molecular complexity index is 1590. The number of fused-ring (bicyclic) bond motifs is 1. The van der Waals surface area contributed by atoms with E-state index in [0.717, 1.165) is 27.7 Å². The summed E-state index contributed by atoms with van der Waals surface area (Å²) in [5, 5.41) is 0.916. The van der Waals surface area contributed by atoms with E-state index in [1.54, 1.807) is 6.92 Å². The fourth-order valence-corrected chi connectivity index (χ4v) is 5.44. The molecule has 1 atom stereocenters. The highest BCUT2D eigenvalue weighted by Gasteiger charge is 2.40. The maximum absolute atomic E-state index is 13.7. The van der Waals surface area contributed by atoms with E-state index in [4.69, 9.17) is 0 Å². The number of hydrogen-bond donors (Lipinski definition) is 0. The van der Waals surface area contributed by atoms with Crippen LogP contribution in [-0.2, 0) is 18.9 Å². The molecule has 40 heavy (non-hydrogen) atoms. The molecule has 0 spiro atoms. The summed E-state index contributed by atoms with van der Waals surface area (Å²) in [5.41, 5.74) is -0.307. The SMILES string of the molecule is CC#CCn1c(C2CCCN2C(=O)c2cc(C(F)(F)F)cc(C(F)(F)F)c2)c(-c2ccccc2)c2ccccc21. The molecule has 0 saturated carbocycles. The van der Waals surface area contributed by atoms with E-state index in [9.17, 15) is 31.1 Å². The van der Waals surface area contributed by atoms with Crippen LogP contribution in [0.25, 0.3) is 22.0 Å². The lowest BCUT2D eigenvalue weighted by atomic mass is 9.97. The van der Waals surface area contributed by atoms with Crippen LogP contribution in [0, 0.1) is 11.8 Å². The van der Waals surface area contributed by atoms with E-state index >= 15 is 0 Å². The number of likely N-dealkylation sites (tertiary alicyclic amines) is 1. The van der Waals surface area contributed by atoms with Crippen LogP contribution in [0.15, 0.2) is 72.8 Å². The highest BCUT2D eigenvalue weighted by atomic mass is 19.4. The highest BCUT2D eigenvalue weighted by Crippen LogP contribution is 2.44. The Morgan fingerprint density at radius 2 is 1.52 bits per heavy atom. The van der Waals surface area contributed by atoms with Gasteiger partial charge in [0.05, 0.1) is 29.4 Å². The van der Waals surface area contributed by atoms with Gasteiger partial charge in [-0.1, -0.05) is 54.5 Å². The van der Waals surface area contributed by atoms with Crippen molar-refractivity contribution in [2.45, 2.75) is 44.7 Å². The molecule has 1 aliphatic rings. The van der Waals surface area contributed by atoms with Gasteiger partial charge in [-0.3, -0.25) is 4.79 Å². The Hall–Kier alpha value is -4.19. The van der Waals surface area contributed by atoms with Crippen LogP contribution < -0.4 is 0 Å². The summed E-state index contributed by atoms with van der Waals surface area (Å²) in [6, 6.07) is 17.6. The molecular weight excluding hydrogens is 530 g/mol. The quantitative estimate of drug-likeness (QED) is 0.184. The molecule has 1 unspecified atom stereocenters. The van der Waals surface area contributed by atoms with E-state index in [-0.39, 0.29) is 12.6 Å². The average Bonchev–Trinajstić information content (AvgIpc) is 3.53. The van der Waals surface area contributed by atoms with Gasteiger partial charge < -0.3 is 9.47 Å². The average molecular weight is 555 g/mol. The lowest BCUT2D eigenvalue weighted by Gasteiger charge is -2.28. The van der Waals surface area contributed by atoms with Crippen molar-refractivity contribution in [1.29, 1.82) is 0 Å². The maximum atomic E-state index is 13.7. The van der Waals surface area contributed by atoms with E-state index in [2.05, 4.69) is 11.8 Å². The maximum Gasteiger partial charge on any atom is 0.416 e. The van der Waals surface area contributed by atoms with Gasteiger partial charge in [-0.2, -0.15) is 26.3 Å². The fraction of sp³-hybridized carbons (Fsp3) is 0.258. The van der Waals surface area contributed by atoms with Crippen LogP contribution in [0.4, 0.5) is 26.3 Å². The first-order valence-corrected chi connectivity index (χ1v) is 12.7. The van der Waals surface area contributed by atoms with Crippen LogP contribution in [-0.4, -0.2) is 21.9 Å². The molecule has 9 heteroatoms. The van der Waals surface area contributed by atoms with Gasteiger partial charge in [0, 0.05) is 28.6 Å². The molecule has 1 fully saturated rings. The Balaban J connectivity index is 1.69. The summed E-state index contributed by atoms with van der Waals surface area (Å²) >= 11 is 0. The molecule has 0 aliphatic carbocycles. The molecule has 0 radical (unpaired) electrons. The molecule has 0 N–H and O–H groups in total. The van der Waals surface area contributed by atoms with Gasteiger partial charge in [0.2, 0.25) is 0 Å². The van der Waals surface area contributed by atoms with Gasteiger partial charge >= 0.3 is 12.4 Å². The molecular formula is C31H24F6N2O. The molecule has 3 nitrogen and oxygen atoms in total. The van der Waals surface area contributed by atoms with Crippen molar-refractivity contribution in [2.75, 3.05) is 6.54 Å². The number of rotatable bonds is 4. The summed E-state index contributed by atoms with van der Waals surface area (Å²) in [4.78, 5) is 15.1. The zero-order valence-corrected chi connectivity index (χ0v) is 21.4. The standard InChI is InChI=1S/C31H24F6N2O/c1-2-3-15-38-25-13-8-7-12-24(25)27(20-10-5-4-6-11-20)28(38)26-14-9-16-39(26)29(40)21-17-22(30(32,33)34)19-23(18-21)31(35,36)37/h4-8,10-13,17-19,26H,9,14-16H2,1H3. The number of carbonyl (C=O) groups is 1. The molecule has 1 amide bonds. The Labute approximate surface area is 227 Å². The van der Waals surface area contributed by atoms with E-state index < -0.39 is 41.0 Å². The number of aromatic nitrogens is 1. The second kappa shape index (κ2) is 10.4. The van der Waals surface area contributed by atoms with Crippen molar-refractivity contribution in [3.8, 4) is 23.0 Å². The second-order valence-corrected chi connectivity index (χ2v) is 9.61. The number of para-hydroxylation sites is 1. The van der Waals surface area contributed by atoms with Crippen molar-refractivity contribution >= 4 is 16.8 Å². The smallest absolute Gasteiger partial charge is 0.330 e. The summed E-state index contributed by atoms with van der Waals surface area (Å²) in [5.74, 6) is 5.07. The van der Waals surface area contributed by atoms with Gasteiger partial charge in [-0.05, 0) is 49.6 Å². The Morgan fingerprint density at radius 3 is 2.15 bits per heavy atom. The first kappa shape index (κ1) is 27.4. The highest BCUT2D eigenvalue weighted by molar-refractivity contribution is 6.00. The van der Waals surface area contributed by atoms with Gasteiger partial charge in [0.15, 0.2) is 0 Å². The first-order valence-electron chi connectivity index (χ1n) is 12.7. The summed E-state index contributed by atoms with van der Waals surface area (Å²) < 4.78 is 83.2. The number of hydrogen-bond acceptors (Lipinski definition) is 1. The van der Waals surface area contributed by atoms with E-state index in [1.165, 1.54) is 4.90 Å². The van der Waals surface area contributed by atoms with Crippen LogP contribution in [0.1, 0.15) is 53.0 Å². The molecule has 1 saturated heterocycles. The monoisotopic (exact) mass is 554 g/mol. The number of nitrogens with zero attached hydrogens (tertiary/aromatic N) is 2. The van der Waals surface area contributed by atoms with Crippen molar-refractivity contribution < 1.29 is 31.1 Å². The molecule has 4 aromatic rings. The molecule has 3 aromatic carbocycles. The molecule has 2 heterocycles. The Kier molecular flexibility index (Phi) is 7.13. The zero-order valence-electron chi connectivity index (χ0n) is 21.4. The predicted octanol–water partition coefficient (Wildman–Crippen LogP) is 8.35. The summed E-state index contributed by atoms with van der Waals surface area (Å²) in [6.45, 7) is 2.20. The molecule has 206 valence electrons. The molecule has 1 aromatic heterocycles. The number of halogens is 6. The van der Waals surface area contributed by atoms with Crippen LogP contribution >= 0.6 is 0 Å². The number of benzene rings is 3. The molecule has 0 bridgehead atoms. The summed E-state index contributed by atoms with van der Waals surface area (Å²) in [6.07, 6.45) is -9.07. The minimum Gasteiger partial charge on any atom is -0.330 e. The third-order valence-electron chi connectivity index (χ3n) is 7.15. The summed E-state index contributed by atoms with van der Waals surface area (Å²) in [7, 11) is 0. The van der Waals surface area contributed by atoms with Crippen molar-refractivity contribution in [3.63, 3.8) is 0 Å². The second-order valence-electron chi connectivity index (χ2n) is 9.61. The topological polar surface area (TPSA) is 25.2 Å². The lowest BCUT2D eigenvalue weighted by Crippen LogP contribution is -2.32. The van der Waals surface area contributed by atoms with Gasteiger partial charge in [-0.25, -0.2) is 0 Å². The van der Waals surface area contributed by atoms with Gasteiger partial charge in [0.25, 0.3) is 5.91 Å². The largest absolute Gasteiger partial charge is 0.416 e. The van der Waals surface area contributed by atoms with Crippen molar-refractivity contribution in [1.82, 2.24) is 9.47 Å². The van der Waals surface area contributed by atoms with Gasteiger partial charge in [0.1, 0.15) is 0 Å². The van der Waals surface area contributed by atoms with Crippen LogP contribution in [0.2, 0.25) is 0 Å². The number of amides is 1. The van der Waals surface area contributed by atoms with Gasteiger partial charge in [-0.15, -0.1) is 5.92 Å². The predicted molar refractivity (Wildman–Crippen MR) is 140 cm³/mol. The minimum atomic E-state index is -5.05. The first-order chi connectivity index (χ1) is 19.0. The van der Waals surface area contributed by atoms with Crippen molar-refractivity contribution in [2.24, 2.45) is 0 Å². The van der Waals surface area contributed by atoms with Crippen LogP contribution in [0.5, 0.6) is 0 Å². The van der Waals surface area contributed by atoms with E-state index in [1.807, 2.05) is 59.2 Å². The number of carbonyl (C=O) groups excluding carboxylic acids is 1. The van der Waals surface area contributed by atoms with E-state index in [0.29, 0.717) is 31.5 Å². The van der Waals surface area contributed by atoms with Crippen molar-refractivity contribution in [3.05, 3.63) is 95.2 Å². The Morgan fingerprint density at radius 1 is 0.900 bits per heavy atom.